The van der Waals surface area contributed by atoms with Crippen molar-refractivity contribution in [3.63, 3.8) is 0 Å². The first-order valence-electron chi connectivity index (χ1n) is 10.9. The highest BCUT2D eigenvalue weighted by Crippen LogP contribution is 2.32. The summed E-state index contributed by atoms with van der Waals surface area (Å²) in [7, 11) is 2.18. The van der Waals surface area contributed by atoms with Crippen LogP contribution in [0.3, 0.4) is 0 Å². The number of hydrogen-bond donors (Lipinski definition) is 0. The van der Waals surface area contributed by atoms with E-state index in [1.165, 1.54) is 48.3 Å². The summed E-state index contributed by atoms with van der Waals surface area (Å²) in [5.74, 6) is 0. The molecule has 0 spiro atoms. The molecule has 0 amide bonds. The minimum atomic E-state index is 0.598. The first kappa shape index (κ1) is 20.6. The number of rotatable bonds is 6. The summed E-state index contributed by atoms with van der Waals surface area (Å²) in [4.78, 5) is 4.75. The van der Waals surface area contributed by atoms with Crippen LogP contribution in [0.15, 0.2) is 24.3 Å². The van der Waals surface area contributed by atoms with Gasteiger partial charge in [0.2, 0.25) is 0 Å². The van der Waals surface area contributed by atoms with E-state index < -0.39 is 0 Å². The molecule has 2 fully saturated rings. The van der Waals surface area contributed by atoms with E-state index in [1.54, 1.807) is 0 Å². The van der Waals surface area contributed by atoms with Crippen molar-refractivity contribution in [2.75, 3.05) is 38.3 Å². The van der Waals surface area contributed by atoms with Crippen LogP contribution in [-0.4, -0.2) is 47.4 Å². The Kier molecular flexibility index (Phi) is 6.42. The number of anilines is 1. The zero-order valence-corrected chi connectivity index (χ0v) is 18.9. The Morgan fingerprint density at radius 1 is 1.03 bits per heavy atom. The number of nitrogens with zero attached hydrogens (tertiary/aromatic N) is 4. The van der Waals surface area contributed by atoms with Crippen LogP contribution >= 0.6 is 12.2 Å². The first-order valence-corrected chi connectivity index (χ1v) is 11.3. The van der Waals surface area contributed by atoms with E-state index in [1.807, 2.05) is 0 Å². The van der Waals surface area contributed by atoms with Gasteiger partial charge in [-0.15, -0.1) is 0 Å². The molecular weight excluding hydrogens is 380 g/mol. The van der Waals surface area contributed by atoms with E-state index in [0.29, 0.717) is 6.04 Å². The van der Waals surface area contributed by atoms with Gasteiger partial charge in [-0.05, 0) is 63.7 Å². The smallest absolute Gasteiger partial charge is 0.181 e. The fourth-order valence-electron chi connectivity index (χ4n) is 4.78. The third-order valence-corrected chi connectivity index (χ3v) is 6.98. The molecule has 158 valence electrons. The van der Waals surface area contributed by atoms with Crippen LogP contribution in [0, 0.1) is 18.6 Å². The molecule has 1 aliphatic carbocycles. The Hall–Kier alpha value is -1.63. The number of imidazole rings is 1. The van der Waals surface area contributed by atoms with Crippen molar-refractivity contribution in [1.82, 2.24) is 14.0 Å². The number of morpholine rings is 1. The van der Waals surface area contributed by atoms with Gasteiger partial charge in [-0.25, -0.2) is 0 Å². The lowest BCUT2D eigenvalue weighted by molar-refractivity contribution is 0.122. The van der Waals surface area contributed by atoms with Crippen molar-refractivity contribution < 1.29 is 4.74 Å². The first-order chi connectivity index (χ1) is 14.0. The van der Waals surface area contributed by atoms with E-state index in [9.17, 15) is 0 Å². The third-order valence-electron chi connectivity index (χ3n) is 6.56. The quantitative estimate of drug-likeness (QED) is 0.641. The third kappa shape index (κ3) is 4.44. The van der Waals surface area contributed by atoms with Gasteiger partial charge in [0.25, 0.3) is 0 Å². The van der Waals surface area contributed by atoms with Crippen molar-refractivity contribution in [2.45, 2.75) is 58.8 Å². The summed E-state index contributed by atoms with van der Waals surface area (Å²) in [6.45, 7) is 9.79. The zero-order valence-electron chi connectivity index (χ0n) is 18.1. The molecule has 2 aromatic rings. The summed E-state index contributed by atoms with van der Waals surface area (Å²) < 4.78 is 11.2. The molecule has 4 rings (SSSR count). The molecule has 0 unspecified atom stereocenters. The van der Waals surface area contributed by atoms with Gasteiger partial charge in [0, 0.05) is 42.8 Å². The minimum absolute atomic E-state index is 0.598. The van der Waals surface area contributed by atoms with Gasteiger partial charge in [-0.1, -0.05) is 25.0 Å². The molecule has 0 bridgehead atoms. The molecule has 1 aromatic heterocycles. The van der Waals surface area contributed by atoms with Gasteiger partial charge in [0.1, 0.15) is 0 Å². The number of benzene rings is 1. The number of aromatic nitrogens is 2. The standard InChI is InChI=1S/C23H34N4OS/c1-18-19(2)27(22-6-4-5-7-22)23(29)26(18)17-24(3)16-20-8-10-21(11-9-20)25-12-14-28-15-13-25/h8-11,22H,4-7,12-17H2,1-3H3. The molecule has 2 aliphatic rings. The molecule has 6 heteroatoms. The molecule has 2 heterocycles. The minimum Gasteiger partial charge on any atom is -0.378 e. The maximum absolute atomic E-state index is 5.89. The van der Waals surface area contributed by atoms with Crippen molar-refractivity contribution >= 4 is 17.9 Å². The molecule has 0 atom stereocenters. The van der Waals surface area contributed by atoms with E-state index in [-0.39, 0.29) is 0 Å². The molecule has 1 saturated carbocycles. The van der Waals surface area contributed by atoms with Gasteiger partial charge in [-0.2, -0.15) is 0 Å². The Labute approximate surface area is 179 Å². The summed E-state index contributed by atoms with van der Waals surface area (Å²) in [5, 5.41) is 0. The molecule has 1 saturated heterocycles. The van der Waals surface area contributed by atoms with Crippen LogP contribution in [0.4, 0.5) is 5.69 Å². The summed E-state index contributed by atoms with van der Waals surface area (Å²) in [5.41, 5.74) is 5.27. The predicted octanol–water partition coefficient (Wildman–Crippen LogP) is 4.68. The van der Waals surface area contributed by atoms with Gasteiger partial charge in [0.15, 0.2) is 4.77 Å². The molecule has 29 heavy (non-hydrogen) atoms. The molecule has 1 aliphatic heterocycles. The maximum Gasteiger partial charge on any atom is 0.181 e. The van der Waals surface area contributed by atoms with Crippen molar-refractivity contribution in [2.24, 2.45) is 0 Å². The second-order valence-electron chi connectivity index (χ2n) is 8.61. The topological polar surface area (TPSA) is 25.6 Å². The van der Waals surface area contributed by atoms with Crippen molar-refractivity contribution in [1.29, 1.82) is 0 Å². The molecular formula is C23H34N4OS. The average molecular weight is 415 g/mol. The van der Waals surface area contributed by atoms with Crippen LogP contribution in [0.5, 0.6) is 0 Å². The lowest BCUT2D eigenvalue weighted by atomic mass is 10.2. The zero-order chi connectivity index (χ0) is 20.4. The van der Waals surface area contributed by atoms with E-state index in [2.05, 4.69) is 64.1 Å². The number of ether oxygens (including phenoxy) is 1. The Bertz CT molecular complexity index is 874. The second kappa shape index (κ2) is 9.02. The highest BCUT2D eigenvalue weighted by Gasteiger charge is 2.22. The van der Waals surface area contributed by atoms with Crippen LogP contribution in [0.2, 0.25) is 0 Å². The predicted molar refractivity (Wildman–Crippen MR) is 121 cm³/mol. The van der Waals surface area contributed by atoms with E-state index in [4.69, 9.17) is 17.0 Å². The van der Waals surface area contributed by atoms with E-state index in [0.717, 1.165) is 44.3 Å². The summed E-state index contributed by atoms with van der Waals surface area (Å²) in [6.07, 6.45) is 5.20. The SMILES string of the molecule is Cc1c(C)n(C2CCCC2)c(=S)n1CN(C)Cc1ccc(N2CCOCC2)cc1. The lowest BCUT2D eigenvalue weighted by Crippen LogP contribution is -2.36. The van der Waals surface area contributed by atoms with Gasteiger partial charge in [0.05, 0.1) is 19.9 Å². The Balaban J connectivity index is 1.42. The van der Waals surface area contributed by atoms with Gasteiger partial charge < -0.3 is 18.8 Å². The average Bonchev–Trinajstić information content (AvgIpc) is 3.33. The van der Waals surface area contributed by atoms with Gasteiger partial charge in [-0.3, -0.25) is 4.90 Å². The fraction of sp³-hybridized carbons (Fsp3) is 0.609. The Morgan fingerprint density at radius 2 is 1.69 bits per heavy atom. The van der Waals surface area contributed by atoms with Crippen LogP contribution in [0.25, 0.3) is 0 Å². The van der Waals surface area contributed by atoms with Gasteiger partial charge >= 0.3 is 0 Å². The monoisotopic (exact) mass is 414 g/mol. The van der Waals surface area contributed by atoms with Crippen molar-refractivity contribution in [3.8, 4) is 0 Å². The second-order valence-corrected chi connectivity index (χ2v) is 8.98. The van der Waals surface area contributed by atoms with Crippen LogP contribution in [0.1, 0.15) is 48.7 Å². The molecule has 1 aromatic carbocycles. The Morgan fingerprint density at radius 3 is 2.34 bits per heavy atom. The van der Waals surface area contributed by atoms with E-state index >= 15 is 0 Å². The van der Waals surface area contributed by atoms with Crippen LogP contribution in [-0.2, 0) is 18.0 Å². The fourth-order valence-corrected chi connectivity index (χ4v) is 5.26. The highest BCUT2D eigenvalue weighted by atomic mass is 32.1. The normalized spacial score (nSPS) is 18.1. The van der Waals surface area contributed by atoms with Crippen molar-refractivity contribution in [3.05, 3.63) is 46.0 Å². The lowest BCUT2D eigenvalue weighted by Gasteiger charge is -2.29. The molecule has 5 nitrogen and oxygen atoms in total. The summed E-state index contributed by atoms with van der Waals surface area (Å²) >= 11 is 5.89. The van der Waals surface area contributed by atoms with Crippen LogP contribution < -0.4 is 4.90 Å². The largest absolute Gasteiger partial charge is 0.378 e. The maximum atomic E-state index is 5.89. The molecule has 0 radical (unpaired) electrons. The number of hydrogen-bond acceptors (Lipinski definition) is 4. The summed E-state index contributed by atoms with van der Waals surface area (Å²) in [6, 6.07) is 9.59. The molecule has 0 N–H and O–H groups in total. The highest BCUT2D eigenvalue weighted by molar-refractivity contribution is 7.71.